The van der Waals surface area contributed by atoms with Gasteiger partial charge in [-0.05, 0) is 54.9 Å². The summed E-state index contributed by atoms with van der Waals surface area (Å²) < 4.78 is 38.6. The average Bonchev–Trinajstić information content (AvgIpc) is 3.47. The van der Waals surface area contributed by atoms with Crippen LogP contribution >= 0.6 is 11.3 Å². The van der Waals surface area contributed by atoms with E-state index in [1.807, 2.05) is 24.3 Å². The molecule has 0 amide bonds. The maximum absolute atomic E-state index is 12.9. The van der Waals surface area contributed by atoms with Crippen LogP contribution in [0.1, 0.15) is 36.1 Å². The van der Waals surface area contributed by atoms with Crippen LogP contribution in [0.3, 0.4) is 0 Å². The van der Waals surface area contributed by atoms with Gasteiger partial charge in [-0.1, -0.05) is 12.1 Å². The standard InChI is InChI=1S/C24H24F3N5S/c25-24(26,27)13-19-11-20-21(29-15-30-22(20)33-19)32-10-8-23(14-32)7-5-18(12-23)31-17-3-1-16(2-4-17)6-9-28/h1-4,11,15,18,31H,5-8,10,12-14H2/t18-,23-/m1/s1. The van der Waals surface area contributed by atoms with Crippen molar-refractivity contribution in [3.8, 4) is 6.07 Å². The third-order valence-electron chi connectivity index (χ3n) is 6.78. The van der Waals surface area contributed by atoms with Crippen molar-refractivity contribution in [2.24, 2.45) is 5.41 Å². The fourth-order valence-corrected chi connectivity index (χ4v) is 6.31. The first-order chi connectivity index (χ1) is 15.8. The quantitative estimate of drug-likeness (QED) is 0.515. The second-order valence-electron chi connectivity index (χ2n) is 9.21. The van der Waals surface area contributed by atoms with E-state index in [9.17, 15) is 13.2 Å². The lowest BCUT2D eigenvalue weighted by Gasteiger charge is -2.25. The molecule has 0 radical (unpaired) electrons. The Labute approximate surface area is 194 Å². The van der Waals surface area contributed by atoms with Crippen molar-refractivity contribution in [3.05, 3.63) is 47.1 Å². The first-order valence-corrected chi connectivity index (χ1v) is 11.9. The number of hydrogen-bond donors (Lipinski definition) is 1. The van der Waals surface area contributed by atoms with Gasteiger partial charge in [-0.3, -0.25) is 0 Å². The number of thiophene rings is 1. The third kappa shape index (κ3) is 4.76. The van der Waals surface area contributed by atoms with Crippen molar-refractivity contribution in [1.82, 2.24) is 9.97 Å². The SMILES string of the molecule is N#CCc1ccc(N[C@@H]2CC[C@@]3(CCN(c4ncnc5sc(CC(F)(F)F)cc45)C3)C2)cc1. The van der Waals surface area contributed by atoms with Crippen LogP contribution in [-0.2, 0) is 12.8 Å². The highest BCUT2D eigenvalue weighted by Gasteiger charge is 2.44. The number of alkyl halides is 3. The highest BCUT2D eigenvalue weighted by atomic mass is 32.1. The Morgan fingerprint density at radius 2 is 2.03 bits per heavy atom. The van der Waals surface area contributed by atoms with E-state index in [1.165, 1.54) is 6.33 Å². The predicted octanol–water partition coefficient (Wildman–Crippen LogP) is 5.72. The maximum Gasteiger partial charge on any atom is 0.393 e. The van der Waals surface area contributed by atoms with Gasteiger partial charge >= 0.3 is 6.18 Å². The Kier molecular flexibility index (Phi) is 5.65. The molecule has 1 saturated heterocycles. The fraction of sp³-hybridized carbons (Fsp3) is 0.458. The highest BCUT2D eigenvalue weighted by Crippen LogP contribution is 2.48. The van der Waals surface area contributed by atoms with Gasteiger partial charge in [-0.15, -0.1) is 11.3 Å². The van der Waals surface area contributed by atoms with Crippen LogP contribution in [0.2, 0.25) is 0 Å². The molecule has 1 aliphatic carbocycles. The molecule has 3 aromatic rings. The zero-order chi connectivity index (χ0) is 23.1. The summed E-state index contributed by atoms with van der Waals surface area (Å²) in [4.78, 5) is 11.8. The molecule has 172 valence electrons. The summed E-state index contributed by atoms with van der Waals surface area (Å²) in [5.41, 5.74) is 2.28. The Balaban J connectivity index is 1.27. The number of rotatable bonds is 5. The molecule has 0 unspecified atom stereocenters. The van der Waals surface area contributed by atoms with E-state index in [4.69, 9.17) is 5.26 Å². The number of fused-ring (bicyclic) bond motifs is 1. The fourth-order valence-electron chi connectivity index (χ4n) is 5.29. The van der Waals surface area contributed by atoms with E-state index in [2.05, 4.69) is 26.3 Å². The number of anilines is 2. The van der Waals surface area contributed by atoms with E-state index in [-0.39, 0.29) is 10.3 Å². The number of nitriles is 1. The number of nitrogens with zero attached hydrogens (tertiary/aromatic N) is 4. The van der Waals surface area contributed by atoms with Crippen molar-refractivity contribution in [1.29, 1.82) is 5.26 Å². The van der Waals surface area contributed by atoms with E-state index in [1.54, 1.807) is 6.07 Å². The first-order valence-electron chi connectivity index (χ1n) is 11.1. The molecule has 2 aromatic heterocycles. The molecule has 1 saturated carbocycles. The normalized spacial score (nSPS) is 22.8. The van der Waals surface area contributed by atoms with Crippen molar-refractivity contribution < 1.29 is 13.2 Å². The second-order valence-corrected chi connectivity index (χ2v) is 10.3. The minimum absolute atomic E-state index is 0.195. The monoisotopic (exact) mass is 471 g/mol. The number of hydrogen-bond acceptors (Lipinski definition) is 6. The van der Waals surface area contributed by atoms with Gasteiger partial charge in [-0.2, -0.15) is 18.4 Å². The summed E-state index contributed by atoms with van der Waals surface area (Å²) in [7, 11) is 0. The molecule has 2 atom stereocenters. The molecule has 1 aliphatic heterocycles. The zero-order valence-corrected chi connectivity index (χ0v) is 18.8. The molecule has 2 aliphatic rings. The number of aromatic nitrogens is 2. The van der Waals surface area contributed by atoms with E-state index in [0.717, 1.165) is 72.6 Å². The summed E-state index contributed by atoms with van der Waals surface area (Å²) in [6, 6.07) is 12.2. The highest BCUT2D eigenvalue weighted by molar-refractivity contribution is 7.18. The average molecular weight is 472 g/mol. The lowest BCUT2D eigenvalue weighted by atomic mass is 9.85. The van der Waals surface area contributed by atoms with Gasteiger partial charge in [-0.25, -0.2) is 9.97 Å². The molecule has 5 nitrogen and oxygen atoms in total. The summed E-state index contributed by atoms with van der Waals surface area (Å²) in [6.07, 6.45) is 1.03. The molecule has 9 heteroatoms. The molecule has 0 bridgehead atoms. The largest absolute Gasteiger partial charge is 0.393 e. The van der Waals surface area contributed by atoms with Gasteiger partial charge in [0.05, 0.1) is 24.3 Å². The molecule has 33 heavy (non-hydrogen) atoms. The summed E-state index contributed by atoms with van der Waals surface area (Å²) in [5, 5.41) is 13.2. The van der Waals surface area contributed by atoms with Crippen LogP contribution in [0.5, 0.6) is 0 Å². The Morgan fingerprint density at radius 3 is 2.79 bits per heavy atom. The van der Waals surface area contributed by atoms with Crippen LogP contribution in [0.4, 0.5) is 24.7 Å². The maximum atomic E-state index is 12.9. The third-order valence-corrected chi connectivity index (χ3v) is 7.83. The van der Waals surface area contributed by atoms with Crippen molar-refractivity contribution in [2.75, 3.05) is 23.3 Å². The van der Waals surface area contributed by atoms with Crippen molar-refractivity contribution in [3.63, 3.8) is 0 Å². The number of benzene rings is 1. The molecule has 1 spiro atoms. The topological polar surface area (TPSA) is 64.8 Å². The van der Waals surface area contributed by atoms with E-state index < -0.39 is 12.6 Å². The van der Waals surface area contributed by atoms with Gasteiger partial charge < -0.3 is 10.2 Å². The van der Waals surface area contributed by atoms with Crippen molar-refractivity contribution in [2.45, 2.75) is 50.7 Å². The van der Waals surface area contributed by atoms with Crippen LogP contribution in [0.15, 0.2) is 36.7 Å². The summed E-state index contributed by atoms with van der Waals surface area (Å²) in [5.74, 6) is 0.756. The molecular formula is C24H24F3N5S. The Hall–Kier alpha value is -2.86. The van der Waals surface area contributed by atoms with Gasteiger partial charge in [0, 0.05) is 29.7 Å². The second kappa shape index (κ2) is 8.49. The van der Waals surface area contributed by atoms with Crippen LogP contribution in [0.25, 0.3) is 10.2 Å². The van der Waals surface area contributed by atoms with Gasteiger partial charge in [0.2, 0.25) is 0 Å². The van der Waals surface area contributed by atoms with Crippen LogP contribution in [-0.4, -0.2) is 35.3 Å². The van der Waals surface area contributed by atoms with Gasteiger partial charge in [0.15, 0.2) is 0 Å². The summed E-state index contributed by atoms with van der Waals surface area (Å²) >= 11 is 1.10. The molecule has 3 heterocycles. The van der Waals surface area contributed by atoms with Crippen molar-refractivity contribution >= 4 is 33.1 Å². The van der Waals surface area contributed by atoms with Crippen LogP contribution < -0.4 is 10.2 Å². The zero-order valence-electron chi connectivity index (χ0n) is 18.0. The molecule has 5 rings (SSSR count). The Bertz CT molecular complexity index is 1180. The first kappa shape index (κ1) is 22.0. The molecule has 2 fully saturated rings. The minimum atomic E-state index is -4.23. The lowest BCUT2D eigenvalue weighted by Crippen LogP contribution is -2.27. The molecular weight excluding hydrogens is 447 g/mol. The van der Waals surface area contributed by atoms with Gasteiger partial charge in [0.25, 0.3) is 0 Å². The molecule has 1 aromatic carbocycles. The Morgan fingerprint density at radius 1 is 1.21 bits per heavy atom. The van der Waals surface area contributed by atoms with Crippen LogP contribution in [0, 0.1) is 16.7 Å². The number of nitrogens with one attached hydrogen (secondary N) is 1. The van der Waals surface area contributed by atoms with E-state index >= 15 is 0 Å². The minimum Gasteiger partial charge on any atom is -0.382 e. The summed E-state index contributed by atoms with van der Waals surface area (Å²) in [6.45, 7) is 1.72. The number of halogens is 3. The lowest BCUT2D eigenvalue weighted by molar-refractivity contribution is -0.126. The smallest absolute Gasteiger partial charge is 0.382 e. The predicted molar refractivity (Wildman–Crippen MR) is 123 cm³/mol. The van der Waals surface area contributed by atoms with E-state index in [0.29, 0.717) is 17.3 Å². The van der Waals surface area contributed by atoms with Gasteiger partial charge in [0.1, 0.15) is 17.0 Å². The molecule has 1 N–H and O–H groups in total.